The molecule has 0 aliphatic rings. The van der Waals surface area contributed by atoms with Crippen LogP contribution < -0.4 is 0 Å². The highest BCUT2D eigenvalue weighted by atomic mass is 35.5. The van der Waals surface area contributed by atoms with E-state index in [-0.39, 0.29) is 0 Å². The Morgan fingerprint density at radius 1 is 1.67 bits per heavy atom. The molecule has 5 heteroatoms. The Bertz CT molecular complexity index is 343. The highest BCUT2D eigenvalue weighted by Gasteiger charge is 2.04. The predicted molar refractivity (Wildman–Crippen MR) is 42.2 cm³/mol. The summed E-state index contributed by atoms with van der Waals surface area (Å²) in [5.74, 6) is 0. The summed E-state index contributed by atoms with van der Waals surface area (Å²) in [4.78, 5) is 0. The van der Waals surface area contributed by atoms with Crippen molar-refractivity contribution in [2.75, 3.05) is 0 Å². The second-order valence-electron chi connectivity index (χ2n) is 2.16. The molecule has 1 heterocycles. The Morgan fingerprint density at radius 2 is 2.42 bits per heavy atom. The third-order valence-electron chi connectivity index (χ3n) is 1.25. The molecule has 0 saturated heterocycles. The Morgan fingerprint density at radius 3 is 2.92 bits per heavy atom. The molecular weight excluding hydrogens is 176 g/mol. The van der Waals surface area contributed by atoms with Crippen molar-refractivity contribution in [2.24, 2.45) is 0 Å². The molecule has 1 unspecified atom stereocenters. The van der Waals surface area contributed by atoms with Gasteiger partial charge in [-0.25, -0.2) is 0 Å². The van der Waals surface area contributed by atoms with Crippen LogP contribution in [0, 0.1) is 22.7 Å². The fourth-order valence-electron chi connectivity index (χ4n) is 0.726. The van der Waals surface area contributed by atoms with E-state index in [2.05, 4.69) is 5.10 Å². The van der Waals surface area contributed by atoms with Gasteiger partial charge in [-0.1, -0.05) is 0 Å². The van der Waals surface area contributed by atoms with Gasteiger partial charge in [0.05, 0.1) is 24.4 Å². The molecule has 0 amide bonds. The first-order chi connectivity index (χ1) is 5.76. The minimum Gasteiger partial charge on any atom is -0.269 e. The topological polar surface area (TPSA) is 65.4 Å². The quantitative estimate of drug-likeness (QED) is 0.635. The normalized spacial score (nSPS) is 11.6. The van der Waals surface area contributed by atoms with Gasteiger partial charge in [-0.3, -0.25) is 4.68 Å². The van der Waals surface area contributed by atoms with Crippen molar-refractivity contribution >= 4 is 11.6 Å². The number of halogens is 1. The summed E-state index contributed by atoms with van der Waals surface area (Å²) in [6.07, 6.45) is 2.98. The summed E-state index contributed by atoms with van der Waals surface area (Å²) in [6.45, 7) is 0.305. The SMILES string of the molecule is N#Cc1cnn(CC(Cl)C#N)c1. The number of alkyl halides is 1. The minimum atomic E-state index is -0.601. The maximum Gasteiger partial charge on any atom is 0.140 e. The average Bonchev–Trinajstić information content (AvgIpc) is 2.52. The van der Waals surface area contributed by atoms with Crippen molar-refractivity contribution in [2.45, 2.75) is 11.9 Å². The number of hydrogen-bond donors (Lipinski definition) is 0. The number of rotatable bonds is 2. The van der Waals surface area contributed by atoms with E-state index >= 15 is 0 Å². The molecule has 0 aromatic carbocycles. The highest BCUT2D eigenvalue weighted by molar-refractivity contribution is 6.22. The zero-order chi connectivity index (χ0) is 8.97. The van der Waals surface area contributed by atoms with Crippen LogP contribution in [0.15, 0.2) is 12.4 Å². The first-order valence-corrected chi connectivity index (χ1v) is 3.66. The molecule has 0 aliphatic carbocycles. The van der Waals surface area contributed by atoms with Gasteiger partial charge in [-0.15, -0.1) is 11.6 Å². The van der Waals surface area contributed by atoms with Gasteiger partial charge >= 0.3 is 0 Å². The van der Waals surface area contributed by atoms with Crippen LogP contribution in [0.3, 0.4) is 0 Å². The van der Waals surface area contributed by atoms with Crippen LogP contribution in [-0.4, -0.2) is 15.2 Å². The zero-order valence-corrected chi connectivity index (χ0v) is 6.86. The molecule has 1 aromatic rings. The molecule has 0 N–H and O–H groups in total. The number of aromatic nitrogens is 2. The van der Waals surface area contributed by atoms with Crippen molar-refractivity contribution in [1.29, 1.82) is 10.5 Å². The minimum absolute atomic E-state index is 0.305. The van der Waals surface area contributed by atoms with E-state index in [4.69, 9.17) is 22.1 Å². The summed E-state index contributed by atoms with van der Waals surface area (Å²) in [5.41, 5.74) is 0.469. The molecule has 4 nitrogen and oxygen atoms in total. The molecule has 12 heavy (non-hydrogen) atoms. The van der Waals surface area contributed by atoms with Gasteiger partial charge in [0.2, 0.25) is 0 Å². The fraction of sp³-hybridized carbons (Fsp3) is 0.286. The van der Waals surface area contributed by atoms with E-state index in [1.165, 1.54) is 10.9 Å². The van der Waals surface area contributed by atoms with Crippen molar-refractivity contribution < 1.29 is 0 Å². The van der Waals surface area contributed by atoms with Gasteiger partial charge < -0.3 is 0 Å². The Hall–Kier alpha value is -1.52. The van der Waals surface area contributed by atoms with Crippen LogP contribution in [0.5, 0.6) is 0 Å². The first-order valence-electron chi connectivity index (χ1n) is 3.22. The van der Waals surface area contributed by atoms with Crippen LogP contribution in [0.1, 0.15) is 5.56 Å². The Kier molecular flexibility index (Phi) is 2.68. The molecule has 0 saturated carbocycles. The summed E-state index contributed by atoms with van der Waals surface area (Å²) >= 11 is 5.55. The number of nitrogens with zero attached hydrogens (tertiary/aromatic N) is 4. The standard InChI is InChI=1S/C7H5ClN4/c8-7(2-10)5-12-4-6(1-9)3-11-12/h3-4,7H,5H2. The monoisotopic (exact) mass is 180 g/mol. The van der Waals surface area contributed by atoms with Gasteiger partial charge in [0.1, 0.15) is 11.4 Å². The maximum atomic E-state index is 8.44. The summed E-state index contributed by atoms with van der Waals surface area (Å²) in [7, 11) is 0. The van der Waals surface area contributed by atoms with Crippen molar-refractivity contribution in [3.63, 3.8) is 0 Å². The molecule has 1 rings (SSSR count). The Labute approximate surface area is 74.6 Å². The van der Waals surface area contributed by atoms with Crippen molar-refractivity contribution in [3.8, 4) is 12.1 Å². The second-order valence-corrected chi connectivity index (χ2v) is 2.69. The largest absolute Gasteiger partial charge is 0.269 e. The van der Waals surface area contributed by atoms with E-state index in [1.807, 2.05) is 12.1 Å². The fourth-order valence-corrected chi connectivity index (χ4v) is 0.868. The molecule has 0 fully saturated rings. The van der Waals surface area contributed by atoms with Crippen LogP contribution in [-0.2, 0) is 6.54 Å². The van der Waals surface area contributed by atoms with Crippen molar-refractivity contribution in [3.05, 3.63) is 18.0 Å². The molecule has 1 aromatic heterocycles. The van der Waals surface area contributed by atoms with Gasteiger partial charge in [-0.05, 0) is 0 Å². The van der Waals surface area contributed by atoms with Gasteiger partial charge in [0.25, 0.3) is 0 Å². The summed E-state index contributed by atoms with van der Waals surface area (Å²) in [6, 6.07) is 3.79. The lowest BCUT2D eigenvalue weighted by molar-refractivity contribution is 0.632. The molecule has 0 radical (unpaired) electrons. The summed E-state index contributed by atoms with van der Waals surface area (Å²) in [5, 5.41) is 20.0. The third-order valence-corrected chi connectivity index (χ3v) is 1.49. The smallest absolute Gasteiger partial charge is 0.140 e. The molecule has 0 bridgehead atoms. The maximum absolute atomic E-state index is 8.44. The molecule has 60 valence electrons. The van der Waals surface area contributed by atoms with Gasteiger partial charge in [0, 0.05) is 6.20 Å². The lowest BCUT2D eigenvalue weighted by atomic mass is 10.4. The van der Waals surface area contributed by atoms with Crippen LogP contribution in [0.4, 0.5) is 0 Å². The van der Waals surface area contributed by atoms with E-state index in [9.17, 15) is 0 Å². The molecular formula is C7H5ClN4. The van der Waals surface area contributed by atoms with Crippen molar-refractivity contribution in [1.82, 2.24) is 9.78 Å². The third kappa shape index (κ3) is 1.98. The zero-order valence-electron chi connectivity index (χ0n) is 6.11. The molecule has 1 atom stereocenters. The average molecular weight is 181 g/mol. The van der Waals surface area contributed by atoms with E-state index in [0.29, 0.717) is 12.1 Å². The van der Waals surface area contributed by atoms with Gasteiger partial charge in [-0.2, -0.15) is 15.6 Å². The van der Waals surface area contributed by atoms with Gasteiger partial charge in [0.15, 0.2) is 0 Å². The van der Waals surface area contributed by atoms with E-state index in [1.54, 1.807) is 6.20 Å². The predicted octanol–water partition coefficient (Wildman–Crippen LogP) is 0.886. The molecule has 0 aliphatic heterocycles. The first kappa shape index (κ1) is 8.58. The van der Waals surface area contributed by atoms with Crippen LogP contribution in [0.25, 0.3) is 0 Å². The lowest BCUT2D eigenvalue weighted by Crippen LogP contribution is -2.08. The lowest BCUT2D eigenvalue weighted by Gasteiger charge is -1.98. The van der Waals surface area contributed by atoms with E-state index in [0.717, 1.165) is 0 Å². The molecule has 0 spiro atoms. The second kappa shape index (κ2) is 3.75. The summed E-state index contributed by atoms with van der Waals surface area (Å²) < 4.78 is 1.47. The van der Waals surface area contributed by atoms with E-state index < -0.39 is 5.38 Å². The number of hydrogen-bond acceptors (Lipinski definition) is 3. The number of nitriles is 2. The van der Waals surface area contributed by atoms with Crippen LogP contribution >= 0.6 is 11.6 Å². The highest BCUT2D eigenvalue weighted by Crippen LogP contribution is 2.00. The Balaban J connectivity index is 2.67. The van der Waals surface area contributed by atoms with Crippen LogP contribution in [0.2, 0.25) is 0 Å².